The third kappa shape index (κ3) is 2.47. The Hall–Kier alpha value is -1.71. The predicted octanol–water partition coefficient (Wildman–Crippen LogP) is 2.88. The second kappa shape index (κ2) is 4.69. The number of likely N-dealkylation sites (tertiary alicyclic amines) is 1. The predicted molar refractivity (Wildman–Crippen MR) is 78.9 cm³/mol. The van der Waals surface area contributed by atoms with Gasteiger partial charge in [-0.05, 0) is 39.3 Å². The van der Waals surface area contributed by atoms with E-state index in [0.29, 0.717) is 6.04 Å². The van der Waals surface area contributed by atoms with Crippen LogP contribution >= 0.6 is 0 Å². The minimum Gasteiger partial charge on any atom is -0.444 e. The number of ether oxygens (including phenoxy) is 1. The van der Waals surface area contributed by atoms with Crippen LogP contribution in [0.25, 0.3) is 0 Å². The molecule has 2 saturated heterocycles. The van der Waals surface area contributed by atoms with Gasteiger partial charge in [-0.1, -0.05) is 18.2 Å². The first kappa shape index (κ1) is 13.3. The van der Waals surface area contributed by atoms with E-state index in [4.69, 9.17) is 4.74 Å². The molecule has 4 heteroatoms. The summed E-state index contributed by atoms with van der Waals surface area (Å²) in [5.41, 5.74) is 0.835. The average Bonchev–Trinajstić information content (AvgIpc) is 2.97. The molecule has 0 N–H and O–H groups in total. The number of piperazine rings is 1. The van der Waals surface area contributed by atoms with E-state index < -0.39 is 5.60 Å². The molecule has 0 spiro atoms. The van der Waals surface area contributed by atoms with Crippen molar-refractivity contribution in [2.45, 2.75) is 44.9 Å². The van der Waals surface area contributed by atoms with Gasteiger partial charge >= 0.3 is 6.09 Å². The van der Waals surface area contributed by atoms with Crippen molar-refractivity contribution in [1.29, 1.82) is 0 Å². The number of para-hydroxylation sites is 1. The van der Waals surface area contributed by atoms with Crippen LogP contribution in [0.5, 0.6) is 0 Å². The highest BCUT2D eigenvalue weighted by atomic mass is 16.6. The molecule has 0 aromatic heterocycles. The fourth-order valence-corrected chi connectivity index (χ4v) is 3.15. The normalized spacial score (nSPS) is 25.1. The van der Waals surface area contributed by atoms with E-state index in [-0.39, 0.29) is 12.1 Å². The number of carbonyl (C=O) groups excluding carboxylic acids is 1. The summed E-state index contributed by atoms with van der Waals surface area (Å²) in [5, 5.41) is 0. The first-order chi connectivity index (χ1) is 9.44. The molecule has 4 nitrogen and oxygen atoms in total. The van der Waals surface area contributed by atoms with Crippen molar-refractivity contribution in [1.82, 2.24) is 4.90 Å². The minimum atomic E-state index is -0.419. The van der Waals surface area contributed by atoms with Gasteiger partial charge in [0, 0.05) is 24.8 Å². The SMILES string of the molecule is CC(C)(C)OC(=O)N1CC2CC1CN2c1ccccc1. The smallest absolute Gasteiger partial charge is 0.410 e. The lowest BCUT2D eigenvalue weighted by Crippen LogP contribution is -2.50. The number of amides is 1. The molecule has 108 valence electrons. The molecule has 1 aromatic carbocycles. The molecule has 2 fully saturated rings. The van der Waals surface area contributed by atoms with Crippen molar-refractivity contribution in [2.75, 3.05) is 18.0 Å². The summed E-state index contributed by atoms with van der Waals surface area (Å²) in [6.45, 7) is 7.42. The Bertz CT molecular complexity index is 495. The fraction of sp³-hybridized carbons (Fsp3) is 0.562. The zero-order chi connectivity index (χ0) is 14.3. The minimum absolute atomic E-state index is 0.169. The third-order valence-electron chi connectivity index (χ3n) is 3.96. The highest BCUT2D eigenvalue weighted by Crippen LogP contribution is 2.35. The van der Waals surface area contributed by atoms with Crippen LogP contribution < -0.4 is 4.90 Å². The van der Waals surface area contributed by atoms with Crippen LogP contribution in [0.1, 0.15) is 27.2 Å². The van der Waals surface area contributed by atoms with Gasteiger partial charge in [0.15, 0.2) is 0 Å². The van der Waals surface area contributed by atoms with Crippen molar-refractivity contribution in [2.24, 2.45) is 0 Å². The first-order valence-corrected chi connectivity index (χ1v) is 7.25. The number of carbonyl (C=O) groups is 1. The standard InChI is InChI=1S/C16H22N2O2/c1-16(2,3)20-15(19)18-11-13-9-14(18)10-17(13)12-7-5-4-6-8-12/h4-8,13-14H,9-11H2,1-3H3. The van der Waals surface area contributed by atoms with E-state index in [0.717, 1.165) is 19.5 Å². The third-order valence-corrected chi connectivity index (χ3v) is 3.96. The number of rotatable bonds is 1. The molecule has 20 heavy (non-hydrogen) atoms. The summed E-state index contributed by atoms with van der Waals surface area (Å²) in [4.78, 5) is 16.5. The molecule has 2 bridgehead atoms. The van der Waals surface area contributed by atoms with E-state index in [1.54, 1.807) is 0 Å². The maximum absolute atomic E-state index is 12.2. The molecule has 2 heterocycles. The van der Waals surface area contributed by atoms with Crippen molar-refractivity contribution >= 4 is 11.8 Å². The van der Waals surface area contributed by atoms with Crippen LogP contribution in [-0.2, 0) is 4.74 Å². The van der Waals surface area contributed by atoms with Gasteiger partial charge in [-0.3, -0.25) is 0 Å². The van der Waals surface area contributed by atoms with Crippen LogP contribution in [0.15, 0.2) is 30.3 Å². The quantitative estimate of drug-likeness (QED) is 0.789. The molecular formula is C16H22N2O2. The molecule has 0 saturated carbocycles. The van der Waals surface area contributed by atoms with Gasteiger partial charge in [-0.25, -0.2) is 4.79 Å². The molecule has 2 aliphatic rings. The van der Waals surface area contributed by atoms with Crippen molar-refractivity contribution < 1.29 is 9.53 Å². The van der Waals surface area contributed by atoms with Crippen LogP contribution in [0.4, 0.5) is 10.5 Å². The summed E-state index contributed by atoms with van der Waals surface area (Å²) in [6, 6.07) is 11.1. The molecule has 0 radical (unpaired) electrons. The van der Waals surface area contributed by atoms with E-state index >= 15 is 0 Å². The van der Waals surface area contributed by atoms with Gasteiger partial charge in [-0.2, -0.15) is 0 Å². The lowest BCUT2D eigenvalue weighted by atomic mass is 10.2. The van der Waals surface area contributed by atoms with E-state index in [9.17, 15) is 4.79 Å². The van der Waals surface area contributed by atoms with Crippen molar-refractivity contribution in [3.8, 4) is 0 Å². The van der Waals surface area contributed by atoms with Gasteiger partial charge in [0.25, 0.3) is 0 Å². The second-order valence-corrected chi connectivity index (χ2v) is 6.66. The largest absolute Gasteiger partial charge is 0.444 e. The lowest BCUT2D eigenvalue weighted by molar-refractivity contribution is 0.0215. The number of nitrogens with zero attached hydrogens (tertiary/aromatic N) is 2. The zero-order valence-corrected chi connectivity index (χ0v) is 12.4. The van der Waals surface area contributed by atoms with Gasteiger partial charge in [0.05, 0.1) is 6.04 Å². The van der Waals surface area contributed by atoms with Crippen LogP contribution in [-0.4, -0.2) is 41.8 Å². The highest BCUT2D eigenvalue weighted by molar-refractivity contribution is 5.70. The van der Waals surface area contributed by atoms with Crippen LogP contribution in [0.3, 0.4) is 0 Å². The molecule has 0 aliphatic carbocycles. The van der Waals surface area contributed by atoms with Gasteiger partial charge in [0.1, 0.15) is 5.60 Å². The summed E-state index contributed by atoms with van der Waals surface area (Å²) >= 11 is 0. The molecule has 2 atom stereocenters. The molecular weight excluding hydrogens is 252 g/mol. The highest BCUT2D eigenvalue weighted by Gasteiger charge is 2.46. The Kier molecular flexibility index (Phi) is 3.11. The summed E-state index contributed by atoms with van der Waals surface area (Å²) in [7, 11) is 0. The Morgan fingerprint density at radius 3 is 2.40 bits per heavy atom. The Balaban J connectivity index is 1.66. The van der Waals surface area contributed by atoms with E-state index in [2.05, 4.69) is 29.2 Å². The van der Waals surface area contributed by atoms with E-state index in [1.165, 1.54) is 5.69 Å². The van der Waals surface area contributed by atoms with Crippen LogP contribution in [0.2, 0.25) is 0 Å². The average molecular weight is 274 g/mol. The summed E-state index contributed by atoms with van der Waals surface area (Å²) in [5.74, 6) is 0. The second-order valence-electron chi connectivity index (χ2n) is 6.66. The Labute approximate surface area is 120 Å². The van der Waals surface area contributed by atoms with Crippen molar-refractivity contribution in [3.05, 3.63) is 30.3 Å². The lowest BCUT2D eigenvalue weighted by Gasteiger charge is -2.36. The number of hydrogen-bond donors (Lipinski definition) is 0. The zero-order valence-electron chi connectivity index (χ0n) is 12.4. The first-order valence-electron chi connectivity index (χ1n) is 7.25. The Morgan fingerprint density at radius 1 is 1.15 bits per heavy atom. The summed E-state index contributed by atoms with van der Waals surface area (Å²) in [6.07, 6.45) is 0.881. The number of hydrogen-bond acceptors (Lipinski definition) is 3. The monoisotopic (exact) mass is 274 g/mol. The number of fused-ring (bicyclic) bond motifs is 2. The fourth-order valence-electron chi connectivity index (χ4n) is 3.15. The number of anilines is 1. The van der Waals surface area contributed by atoms with Gasteiger partial charge in [-0.15, -0.1) is 0 Å². The van der Waals surface area contributed by atoms with Gasteiger partial charge in [0.2, 0.25) is 0 Å². The molecule has 3 rings (SSSR count). The topological polar surface area (TPSA) is 32.8 Å². The molecule has 1 aromatic rings. The maximum atomic E-state index is 12.2. The van der Waals surface area contributed by atoms with Gasteiger partial charge < -0.3 is 14.5 Å². The summed E-state index contributed by atoms with van der Waals surface area (Å²) < 4.78 is 5.48. The maximum Gasteiger partial charge on any atom is 0.410 e. The molecule has 1 amide bonds. The van der Waals surface area contributed by atoms with Crippen LogP contribution in [0, 0.1) is 0 Å². The van der Waals surface area contributed by atoms with E-state index in [1.807, 2.05) is 31.7 Å². The molecule has 2 unspecified atom stereocenters. The van der Waals surface area contributed by atoms with Crippen molar-refractivity contribution in [3.63, 3.8) is 0 Å². The number of benzene rings is 1. The molecule has 2 aliphatic heterocycles. The Morgan fingerprint density at radius 2 is 1.85 bits per heavy atom.